The van der Waals surface area contributed by atoms with Crippen molar-refractivity contribution in [3.05, 3.63) is 29.8 Å². The van der Waals surface area contributed by atoms with E-state index in [0.29, 0.717) is 6.61 Å². The number of halogens is 3. The zero-order valence-corrected chi connectivity index (χ0v) is 10.3. The van der Waals surface area contributed by atoms with Gasteiger partial charge in [-0.25, -0.2) is 0 Å². The molecular weight excluding hydrogens is 229 g/mol. The van der Waals surface area contributed by atoms with Gasteiger partial charge in [-0.1, -0.05) is 26.8 Å². The quantitative estimate of drug-likeness (QED) is 0.761. The first-order chi connectivity index (χ1) is 7.68. The maximum absolute atomic E-state index is 12.4. The van der Waals surface area contributed by atoms with Crippen LogP contribution in [0.3, 0.4) is 0 Å². The molecule has 0 saturated carbocycles. The molecule has 17 heavy (non-hydrogen) atoms. The Kier molecular flexibility index (Phi) is 4.07. The van der Waals surface area contributed by atoms with Gasteiger partial charge in [-0.2, -0.15) is 13.2 Å². The van der Waals surface area contributed by atoms with E-state index in [1.807, 2.05) is 0 Å². The van der Waals surface area contributed by atoms with Gasteiger partial charge in [0.2, 0.25) is 0 Å². The van der Waals surface area contributed by atoms with Crippen LogP contribution in [0.1, 0.15) is 32.8 Å². The lowest BCUT2D eigenvalue weighted by Crippen LogP contribution is -2.11. The number of benzene rings is 1. The fraction of sp³-hybridized carbons (Fsp3) is 0.538. The monoisotopic (exact) mass is 246 g/mol. The lowest BCUT2D eigenvalue weighted by atomic mass is 9.93. The van der Waals surface area contributed by atoms with Crippen LogP contribution in [0.4, 0.5) is 13.2 Å². The summed E-state index contributed by atoms with van der Waals surface area (Å²) in [5, 5.41) is 0. The van der Waals surface area contributed by atoms with Crippen LogP contribution >= 0.6 is 0 Å². The van der Waals surface area contributed by atoms with E-state index >= 15 is 0 Å². The summed E-state index contributed by atoms with van der Waals surface area (Å²) in [7, 11) is 0. The lowest BCUT2D eigenvalue weighted by Gasteiger charge is -2.18. The first kappa shape index (κ1) is 13.9. The van der Waals surface area contributed by atoms with Crippen LogP contribution in [0.2, 0.25) is 0 Å². The van der Waals surface area contributed by atoms with Crippen molar-refractivity contribution >= 4 is 0 Å². The number of hydrogen-bond donors (Lipinski definition) is 0. The minimum Gasteiger partial charge on any atom is -0.494 e. The van der Waals surface area contributed by atoms with E-state index in [-0.39, 0.29) is 11.2 Å². The molecule has 0 unspecified atom stereocenters. The normalized spacial score (nSPS) is 12.6. The van der Waals surface area contributed by atoms with Crippen LogP contribution in [0.25, 0.3) is 0 Å². The third kappa shape index (κ3) is 5.11. The number of alkyl halides is 3. The van der Waals surface area contributed by atoms with Crippen molar-refractivity contribution in [2.45, 2.75) is 33.4 Å². The summed E-state index contributed by atoms with van der Waals surface area (Å²) in [4.78, 5) is 0. The molecule has 0 amide bonds. The second-order valence-electron chi connectivity index (χ2n) is 5.18. The van der Waals surface area contributed by atoms with Crippen LogP contribution in [0, 0.1) is 5.41 Å². The molecule has 0 fully saturated rings. The van der Waals surface area contributed by atoms with Crippen LogP contribution in [0.5, 0.6) is 5.75 Å². The summed E-state index contributed by atoms with van der Waals surface area (Å²) in [5.41, 5.74) is -0.562. The number of rotatable bonds is 3. The third-order valence-electron chi connectivity index (χ3n) is 2.28. The van der Waals surface area contributed by atoms with Crippen molar-refractivity contribution < 1.29 is 17.9 Å². The van der Waals surface area contributed by atoms with E-state index in [2.05, 4.69) is 20.8 Å². The van der Waals surface area contributed by atoms with Crippen molar-refractivity contribution in [3.63, 3.8) is 0 Å². The Balaban J connectivity index is 2.61. The molecule has 0 bridgehead atoms. The van der Waals surface area contributed by atoms with Gasteiger partial charge >= 0.3 is 6.18 Å². The van der Waals surface area contributed by atoms with Gasteiger partial charge in [-0.15, -0.1) is 0 Å². The molecule has 1 aromatic rings. The average molecular weight is 246 g/mol. The largest absolute Gasteiger partial charge is 0.494 e. The Hall–Kier alpha value is -1.19. The maximum atomic E-state index is 12.4. The molecule has 1 nitrogen and oxygen atoms in total. The number of hydrogen-bond acceptors (Lipinski definition) is 1. The minimum atomic E-state index is -4.32. The van der Waals surface area contributed by atoms with Gasteiger partial charge < -0.3 is 4.74 Å². The highest BCUT2D eigenvalue weighted by Crippen LogP contribution is 2.31. The average Bonchev–Trinajstić information content (AvgIpc) is 2.15. The Bertz CT molecular complexity index is 364. The molecule has 0 saturated heterocycles. The highest BCUT2D eigenvalue weighted by atomic mass is 19.4. The summed E-state index contributed by atoms with van der Waals surface area (Å²) >= 11 is 0. The fourth-order valence-electron chi connectivity index (χ4n) is 1.24. The van der Waals surface area contributed by atoms with Gasteiger partial charge in [0.25, 0.3) is 0 Å². The minimum absolute atomic E-state index is 0.113. The molecule has 96 valence electrons. The zero-order chi connectivity index (χ0) is 13.1. The Labute approximate surface area is 99.6 Å². The van der Waals surface area contributed by atoms with Crippen molar-refractivity contribution in [1.29, 1.82) is 0 Å². The molecule has 0 aliphatic rings. The second-order valence-corrected chi connectivity index (χ2v) is 5.18. The maximum Gasteiger partial charge on any atom is 0.416 e. The van der Waals surface area contributed by atoms with E-state index in [1.54, 1.807) is 0 Å². The van der Waals surface area contributed by atoms with Gasteiger partial charge in [0.1, 0.15) is 5.75 Å². The summed E-state index contributed by atoms with van der Waals surface area (Å²) in [5.74, 6) is 0.268. The molecule has 0 radical (unpaired) electrons. The summed E-state index contributed by atoms with van der Waals surface area (Å²) in [6.45, 7) is 6.60. The van der Waals surface area contributed by atoms with Crippen molar-refractivity contribution in [2.24, 2.45) is 5.41 Å². The topological polar surface area (TPSA) is 9.23 Å². The summed E-state index contributed by atoms with van der Waals surface area (Å²) < 4.78 is 42.6. The predicted octanol–water partition coefficient (Wildman–Crippen LogP) is 4.52. The molecule has 0 atom stereocenters. The third-order valence-corrected chi connectivity index (χ3v) is 2.28. The second kappa shape index (κ2) is 4.98. The van der Waals surface area contributed by atoms with Crippen molar-refractivity contribution in [2.75, 3.05) is 6.61 Å². The molecule has 0 aliphatic heterocycles. The molecule has 0 N–H and O–H groups in total. The molecule has 0 aromatic heterocycles. The standard InChI is InChI=1S/C13H17F3O/c1-12(2,3)7-8-17-11-6-4-5-10(9-11)13(14,15)16/h4-6,9H,7-8H2,1-3H3. The Morgan fingerprint density at radius 3 is 2.29 bits per heavy atom. The first-order valence-electron chi connectivity index (χ1n) is 5.48. The van der Waals surface area contributed by atoms with Gasteiger partial charge in [-0.05, 0) is 30.0 Å². The van der Waals surface area contributed by atoms with E-state index in [1.165, 1.54) is 12.1 Å². The van der Waals surface area contributed by atoms with E-state index in [4.69, 9.17) is 4.74 Å². The summed E-state index contributed by atoms with van der Waals surface area (Å²) in [6, 6.07) is 4.96. The van der Waals surface area contributed by atoms with Crippen molar-refractivity contribution in [3.8, 4) is 5.75 Å². The Morgan fingerprint density at radius 1 is 1.12 bits per heavy atom. The Morgan fingerprint density at radius 2 is 1.76 bits per heavy atom. The molecule has 1 aromatic carbocycles. The highest BCUT2D eigenvalue weighted by Gasteiger charge is 2.30. The van der Waals surface area contributed by atoms with Gasteiger partial charge in [0, 0.05) is 0 Å². The van der Waals surface area contributed by atoms with E-state index in [9.17, 15) is 13.2 Å². The van der Waals surface area contributed by atoms with Crippen molar-refractivity contribution in [1.82, 2.24) is 0 Å². The van der Waals surface area contributed by atoms with Crippen LogP contribution in [0.15, 0.2) is 24.3 Å². The predicted molar refractivity (Wildman–Crippen MR) is 61.0 cm³/mol. The SMILES string of the molecule is CC(C)(C)CCOc1cccc(C(F)(F)F)c1. The molecule has 4 heteroatoms. The van der Waals surface area contributed by atoms with Crippen LogP contribution in [-0.4, -0.2) is 6.61 Å². The lowest BCUT2D eigenvalue weighted by molar-refractivity contribution is -0.137. The van der Waals surface area contributed by atoms with E-state index in [0.717, 1.165) is 18.6 Å². The van der Waals surface area contributed by atoms with Gasteiger partial charge in [0.15, 0.2) is 0 Å². The van der Waals surface area contributed by atoms with Gasteiger partial charge in [-0.3, -0.25) is 0 Å². The van der Waals surface area contributed by atoms with Crippen LogP contribution < -0.4 is 4.74 Å². The molecule has 0 aliphatic carbocycles. The first-order valence-corrected chi connectivity index (χ1v) is 5.48. The highest BCUT2D eigenvalue weighted by molar-refractivity contribution is 5.30. The molecular formula is C13H17F3O. The van der Waals surface area contributed by atoms with Crippen LogP contribution in [-0.2, 0) is 6.18 Å². The molecule has 0 heterocycles. The van der Waals surface area contributed by atoms with Gasteiger partial charge in [0.05, 0.1) is 12.2 Å². The zero-order valence-electron chi connectivity index (χ0n) is 10.3. The summed E-state index contributed by atoms with van der Waals surface area (Å²) in [6.07, 6.45) is -3.52. The smallest absolute Gasteiger partial charge is 0.416 e. The number of ether oxygens (including phenoxy) is 1. The fourth-order valence-corrected chi connectivity index (χ4v) is 1.24. The van der Waals surface area contributed by atoms with E-state index < -0.39 is 11.7 Å². The molecule has 0 spiro atoms. The molecule has 1 rings (SSSR count).